The molecule has 464 valence electrons. The zero-order chi connectivity index (χ0) is 58.5. The molecule has 1 atom stereocenters. The standard InChI is InChI=1S/C75H128O6/c1-4-7-10-13-16-19-22-25-28-31-34-37-40-43-46-49-52-55-58-61-64-67-73(76)79-70-72(81-75(78)69-66-63-60-57-54-51-48-45-42-39-36-33-30-27-24-21-18-15-12-9-6-3)71-80-74(77)68-65-62-59-56-53-50-47-44-41-38-35-32-29-26-23-20-17-14-11-8-5-2/h7,10,16,19,24-25,27-28,33-34,36-37,42-43,45-46,52,55,72H,4-6,8-9,11-15,17-18,20-23,26,29-32,35,38-41,44,47-51,53-54,56-71H2,1-3H3/b10-7-,19-16-,27-24-,28-25-,36-33-,37-34-,45-42-,46-43-,55-52-. The molecule has 0 aromatic rings. The van der Waals surface area contributed by atoms with Crippen molar-refractivity contribution in [2.75, 3.05) is 13.2 Å². The van der Waals surface area contributed by atoms with Gasteiger partial charge in [-0.1, -0.05) is 310 Å². The molecular weight excluding hydrogens is 997 g/mol. The van der Waals surface area contributed by atoms with E-state index in [9.17, 15) is 14.4 Å². The number of esters is 3. The van der Waals surface area contributed by atoms with Crippen LogP contribution in [-0.4, -0.2) is 37.2 Å². The quantitative estimate of drug-likeness (QED) is 0.0261. The van der Waals surface area contributed by atoms with Crippen molar-refractivity contribution in [2.45, 2.75) is 335 Å². The summed E-state index contributed by atoms with van der Waals surface area (Å²) in [6.45, 7) is 6.51. The Kier molecular flexibility index (Phi) is 65.2. The van der Waals surface area contributed by atoms with E-state index in [0.29, 0.717) is 19.3 Å². The van der Waals surface area contributed by atoms with Gasteiger partial charge in [-0.05, 0) is 109 Å². The SMILES string of the molecule is CC/C=C\C/C=C\C/C=C\C/C=C\C/C=C\C/C=C\CCCCC(=O)OCC(COC(=O)CCCCCCCCCCCCCCCCCCCCCCC)OC(=O)CCCCCCCC/C=C\C/C=C\C/C=C\CCCCCCC. The predicted octanol–water partition coefficient (Wildman–Crippen LogP) is 23.8. The van der Waals surface area contributed by atoms with Crippen LogP contribution in [0.25, 0.3) is 0 Å². The molecule has 0 aromatic heterocycles. The summed E-state index contributed by atoms with van der Waals surface area (Å²) in [6, 6.07) is 0. The van der Waals surface area contributed by atoms with Crippen LogP contribution in [0, 0.1) is 0 Å². The van der Waals surface area contributed by atoms with Crippen LogP contribution in [0.4, 0.5) is 0 Å². The van der Waals surface area contributed by atoms with Gasteiger partial charge in [0.15, 0.2) is 6.10 Å². The van der Waals surface area contributed by atoms with E-state index in [1.54, 1.807) is 0 Å². The van der Waals surface area contributed by atoms with Crippen LogP contribution in [0.2, 0.25) is 0 Å². The summed E-state index contributed by atoms with van der Waals surface area (Å²) in [7, 11) is 0. The number of ether oxygens (including phenoxy) is 3. The fourth-order valence-electron chi connectivity index (χ4n) is 9.63. The fourth-order valence-corrected chi connectivity index (χ4v) is 9.63. The van der Waals surface area contributed by atoms with E-state index < -0.39 is 6.10 Å². The molecule has 6 heteroatoms. The van der Waals surface area contributed by atoms with Crippen LogP contribution < -0.4 is 0 Å². The Morgan fingerprint density at radius 2 is 0.481 bits per heavy atom. The van der Waals surface area contributed by atoms with Crippen LogP contribution in [0.5, 0.6) is 0 Å². The fraction of sp³-hybridized carbons (Fsp3) is 0.720. The third-order valence-corrected chi connectivity index (χ3v) is 14.8. The summed E-state index contributed by atoms with van der Waals surface area (Å²) < 4.78 is 16.9. The Morgan fingerprint density at radius 3 is 0.778 bits per heavy atom. The second-order valence-electron chi connectivity index (χ2n) is 22.7. The monoisotopic (exact) mass is 1120 g/mol. The molecule has 0 saturated carbocycles. The largest absolute Gasteiger partial charge is 0.462 e. The van der Waals surface area contributed by atoms with Gasteiger partial charge in [-0.2, -0.15) is 0 Å². The molecule has 0 radical (unpaired) electrons. The lowest BCUT2D eigenvalue weighted by Crippen LogP contribution is -2.30. The summed E-state index contributed by atoms with van der Waals surface area (Å²) in [5, 5.41) is 0. The summed E-state index contributed by atoms with van der Waals surface area (Å²) in [5.74, 6) is -0.941. The molecule has 0 fully saturated rings. The summed E-state index contributed by atoms with van der Waals surface area (Å²) in [5.41, 5.74) is 0. The van der Waals surface area contributed by atoms with Crippen LogP contribution in [0.15, 0.2) is 109 Å². The maximum absolute atomic E-state index is 13.0. The first-order chi connectivity index (χ1) is 40.0. The molecule has 0 rings (SSSR count). The summed E-state index contributed by atoms with van der Waals surface area (Å²) in [6.07, 6.45) is 93.9. The Morgan fingerprint density at radius 1 is 0.259 bits per heavy atom. The average molecular weight is 1130 g/mol. The van der Waals surface area contributed by atoms with E-state index in [1.165, 1.54) is 167 Å². The van der Waals surface area contributed by atoms with E-state index in [4.69, 9.17) is 14.2 Å². The lowest BCUT2D eigenvalue weighted by Gasteiger charge is -2.18. The van der Waals surface area contributed by atoms with Gasteiger partial charge in [-0.25, -0.2) is 0 Å². The van der Waals surface area contributed by atoms with Gasteiger partial charge in [0.1, 0.15) is 13.2 Å². The van der Waals surface area contributed by atoms with Crippen LogP contribution in [0.1, 0.15) is 329 Å². The Bertz CT molecular complexity index is 1620. The van der Waals surface area contributed by atoms with Crippen molar-refractivity contribution in [3.8, 4) is 0 Å². The number of unbranched alkanes of at least 4 members (excludes halogenated alkanes) is 33. The third kappa shape index (κ3) is 66.8. The molecule has 0 amide bonds. The number of carbonyl (C=O) groups is 3. The van der Waals surface area contributed by atoms with E-state index in [0.717, 1.165) is 122 Å². The van der Waals surface area contributed by atoms with Gasteiger partial charge in [0, 0.05) is 19.3 Å². The van der Waals surface area contributed by atoms with E-state index in [1.807, 2.05) is 0 Å². The van der Waals surface area contributed by atoms with E-state index >= 15 is 0 Å². The van der Waals surface area contributed by atoms with Gasteiger partial charge >= 0.3 is 17.9 Å². The molecular formula is C75H128O6. The highest BCUT2D eigenvalue weighted by Crippen LogP contribution is 2.17. The normalized spacial score (nSPS) is 12.8. The van der Waals surface area contributed by atoms with Crippen molar-refractivity contribution in [2.24, 2.45) is 0 Å². The molecule has 0 heterocycles. The molecule has 0 bridgehead atoms. The van der Waals surface area contributed by atoms with E-state index in [2.05, 4.69) is 130 Å². The van der Waals surface area contributed by atoms with Gasteiger partial charge < -0.3 is 14.2 Å². The number of hydrogen-bond acceptors (Lipinski definition) is 6. The summed E-state index contributed by atoms with van der Waals surface area (Å²) >= 11 is 0. The number of rotatable bonds is 62. The van der Waals surface area contributed by atoms with Gasteiger partial charge in [0.05, 0.1) is 0 Å². The van der Waals surface area contributed by atoms with Crippen LogP contribution in [-0.2, 0) is 28.6 Å². The van der Waals surface area contributed by atoms with Crippen molar-refractivity contribution < 1.29 is 28.6 Å². The number of carbonyl (C=O) groups excluding carboxylic acids is 3. The first-order valence-corrected chi connectivity index (χ1v) is 34.4. The maximum Gasteiger partial charge on any atom is 0.306 e. The molecule has 0 spiro atoms. The van der Waals surface area contributed by atoms with Crippen molar-refractivity contribution >= 4 is 17.9 Å². The minimum atomic E-state index is -0.806. The molecule has 81 heavy (non-hydrogen) atoms. The zero-order valence-corrected chi connectivity index (χ0v) is 53.3. The molecule has 1 unspecified atom stereocenters. The van der Waals surface area contributed by atoms with Crippen LogP contribution in [0.3, 0.4) is 0 Å². The molecule has 0 N–H and O–H groups in total. The highest BCUT2D eigenvalue weighted by molar-refractivity contribution is 5.71. The molecule has 0 saturated heterocycles. The molecule has 0 aliphatic heterocycles. The second-order valence-corrected chi connectivity index (χ2v) is 22.7. The first-order valence-electron chi connectivity index (χ1n) is 34.4. The van der Waals surface area contributed by atoms with Crippen molar-refractivity contribution in [1.82, 2.24) is 0 Å². The molecule has 0 aliphatic carbocycles. The van der Waals surface area contributed by atoms with Crippen molar-refractivity contribution in [1.29, 1.82) is 0 Å². The zero-order valence-electron chi connectivity index (χ0n) is 53.3. The lowest BCUT2D eigenvalue weighted by atomic mass is 10.0. The second kappa shape index (κ2) is 68.6. The topological polar surface area (TPSA) is 78.9 Å². The maximum atomic E-state index is 13.0. The van der Waals surface area contributed by atoms with Crippen molar-refractivity contribution in [3.05, 3.63) is 109 Å². The first kappa shape index (κ1) is 77.1. The predicted molar refractivity (Wildman–Crippen MR) is 353 cm³/mol. The van der Waals surface area contributed by atoms with Gasteiger partial charge in [0.2, 0.25) is 0 Å². The Labute approximate surface area is 501 Å². The van der Waals surface area contributed by atoms with E-state index in [-0.39, 0.29) is 31.1 Å². The Hall–Kier alpha value is -3.93. The minimum Gasteiger partial charge on any atom is -0.462 e. The van der Waals surface area contributed by atoms with Gasteiger partial charge in [-0.3, -0.25) is 14.4 Å². The Balaban J connectivity index is 4.47. The highest BCUT2D eigenvalue weighted by Gasteiger charge is 2.19. The van der Waals surface area contributed by atoms with Crippen molar-refractivity contribution in [3.63, 3.8) is 0 Å². The molecule has 0 aromatic carbocycles. The highest BCUT2D eigenvalue weighted by atomic mass is 16.6. The van der Waals surface area contributed by atoms with Gasteiger partial charge in [-0.15, -0.1) is 0 Å². The van der Waals surface area contributed by atoms with Gasteiger partial charge in [0.25, 0.3) is 0 Å². The third-order valence-electron chi connectivity index (χ3n) is 14.8. The molecule has 6 nitrogen and oxygen atoms in total. The average Bonchev–Trinajstić information content (AvgIpc) is 3.47. The minimum absolute atomic E-state index is 0.0961. The van der Waals surface area contributed by atoms with Crippen LogP contribution >= 0.6 is 0 Å². The lowest BCUT2D eigenvalue weighted by molar-refractivity contribution is -0.167. The smallest absolute Gasteiger partial charge is 0.306 e. The summed E-state index contributed by atoms with van der Waals surface area (Å²) in [4.78, 5) is 38.4. The molecule has 0 aliphatic rings. The number of hydrogen-bond donors (Lipinski definition) is 0. The number of allylic oxidation sites excluding steroid dienone is 18.